The lowest BCUT2D eigenvalue weighted by Gasteiger charge is -2.18. The predicted octanol–water partition coefficient (Wildman–Crippen LogP) is 5.18. The van der Waals surface area contributed by atoms with Crippen LogP contribution in [-0.2, 0) is 14.8 Å². The second-order valence-corrected chi connectivity index (χ2v) is 9.67. The fraction of sp³-hybridized carbons (Fsp3) is 0.609. The zero-order chi connectivity index (χ0) is 21.1. The second kappa shape index (κ2) is 12.1. The van der Waals surface area contributed by atoms with Crippen LogP contribution >= 0.6 is 0 Å². The monoisotopic (exact) mass is 420 g/mol. The number of nitrogens with one attached hydrogen (secondary N) is 1. The van der Waals surface area contributed by atoms with Crippen molar-refractivity contribution in [3.05, 3.63) is 36.4 Å². The first-order valence-corrected chi connectivity index (χ1v) is 12.5. The van der Waals surface area contributed by atoms with Gasteiger partial charge in [0.1, 0.15) is 0 Å². The molecule has 29 heavy (non-hydrogen) atoms. The number of anilines is 1. The van der Waals surface area contributed by atoms with Gasteiger partial charge < -0.3 is 4.90 Å². The van der Waals surface area contributed by atoms with E-state index in [4.69, 9.17) is 0 Å². The van der Waals surface area contributed by atoms with Crippen molar-refractivity contribution in [3.8, 4) is 0 Å². The van der Waals surface area contributed by atoms with Crippen LogP contribution in [0.2, 0.25) is 0 Å². The quantitative estimate of drug-likeness (QED) is 0.322. The Bertz CT molecular complexity index is 749. The van der Waals surface area contributed by atoms with E-state index >= 15 is 0 Å². The number of sulfonamides is 1. The third-order valence-corrected chi connectivity index (χ3v) is 7.06. The highest BCUT2D eigenvalue weighted by molar-refractivity contribution is 7.89. The van der Waals surface area contributed by atoms with E-state index in [1.807, 2.05) is 6.08 Å². The Morgan fingerprint density at radius 1 is 1.07 bits per heavy atom. The van der Waals surface area contributed by atoms with Gasteiger partial charge in [0.25, 0.3) is 0 Å². The fourth-order valence-corrected chi connectivity index (χ4v) is 4.95. The van der Waals surface area contributed by atoms with Gasteiger partial charge in [0.05, 0.1) is 4.90 Å². The number of rotatable bonds is 10. The molecule has 0 unspecified atom stereocenters. The number of hydrogen-bond donors (Lipinski definition) is 1. The average molecular weight is 421 g/mol. The van der Waals surface area contributed by atoms with Crippen molar-refractivity contribution in [2.45, 2.75) is 88.5 Å². The van der Waals surface area contributed by atoms with Crippen molar-refractivity contribution >= 4 is 21.6 Å². The lowest BCUT2D eigenvalue weighted by atomic mass is 10.1. The van der Waals surface area contributed by atoms with Gasteiger partial charge in [0.15, 0.2) is 0 Å². The van der Waals surface area contributed by atoms with Crippen LogP contribution in [-0.4, -0.2) is 27.4 Å². The zero-order valence-corrected chi connectivity index (χ0v) is 18.7. The summed E-state index contributed by atoms with van der Waals surface area (Å²) in [6.07, 6.45) is 15.5. The van der Waals surface area contributed by atoms with E-state index in [0.717, 1.165) is 38.5 Å². The minimum atomic E-state index is -3.53. The van der Waals surface area contributed by atoms with Gasteiger partial charge in [0.2, 0.25) is 15.9 Å². The molecule has 2 rings (SSSR count). The maximum Gasteiger partial charge on any atom is 0.250 e. The molecule has 6 heteroatoms. The summed E-state index contributed by atoms with van der Waals surface area (Å²) >= 11 is 0. The van der Waals surface area contributed by atoms with E-state index in [-0.39, 0.29) is 16.8 Å². The molecule has 1 amide bonds. The van der Waals surface area contributed by atoms with Crippen molar-refractivity contribution in [1.29, 1.82) is 0 Å². The first kappa shape index (κ1) is 23.6. The first-order valence-electron chi connectivity index (χ1n) is 11.0. The number of carbonyl (C=O) groups excluding carboxylic acids is 1. The van der Waals surface area contributed by atoms with E-state index in [1.165, 1.54) is 37.0 Å². The number of hydrogen-bond acceptors (Lipinski definition) is 3. The van der Waals surface area contributed by atoms with Crippen molar-refractivity contribution in [2.75, 3.05) is 11.9 Å². The van der Waals surface area contributed by atoms with Gasteiger partial charge in [-0.15, -0.1) is 0 Å². The van der Waals surface area contributed by atoms with Crippen molar-refractivity contribution in [2.24, 2.45) is 0 Å². The lowest BCUT2D eigenvalue weighted by Crippen LogP contribution is -2.34. The number of likely N-dealkylation sites (N-methyl/N-ethyl adjacent to an activating group) is 1. The zero-order valence-electron chi connectivity index (χ0n) is 17.9. The van der Waals surface area contributed by atoms with Gasteiger partial charge >= 0.3 is 0 Å². The summed E-state index contributed by atoms with van der Waals surface area (Å²) in [7, 11) is -1.83. The molecule has 1 N–H and O–H groups in total. The van der Waals surface area contributed by atoms with Crippen LogP contribution in [0.4, 0.5) is 5.69 Å². The summed E-state index contributed by atoms with van der Waals surface area (Å²) in [6.45, 7) is 2.18. The summed E-state index contributed by atoms with van der Waals surface area (Å²) in [4.78, 5) is 14.1. The molecule has 0 saturated heterocycles. The highest BCUT2D eigenvalue weighted by Gasteiger charge is 2.21. The summed E-state index contributed by atoms with van der Waals surface area (Å²) in [5.41, 5.74) is 0.680. The third-order valence-electron chi connectivity index (χ3n) is 5.53. The Morgan fingerprint density at radius 3 is 2.34 bits per heavy atom. The maximum absolute atomic E-state index is 12.7. The van der Waals surface area contributed by atoms with Crippen LogP contribution in [0.1, 0.15) is 77.6 Å². The number of nitrogens with zero attached hydrogens (tertiary/aromatic N) is 1. The molecule has 1 saturated carbocycles. The molecule has 0 spiro atoms. The average Bonchev–Trinajstić information content (AvgIpc) is 2.98. The van der Waals surface area contributed by atoms with Crippen molar-refractivity contribution < 1.29 is 13.2 Å². The Labute approximate surface area is 176 Å². The number of amides is 1. The molecule has 1 fully saturated rings. The Morgan fingerprint density at radius 2 is 1.72 bits per heavy atom. The molecule has 0 heterocycles. The number of unbranched alkanes of at least 4 members (excludes halogenated alkanes) is 4. The molecular weight excluding hydrogens is 384 g/mol. The SMILES string of the molecule is CCCCCC/C=C/C(=O)N(C)c1ccc(S(=O)(=O)NC2CCCCCC2)cc1. The Kier molecular flexibility index (Phi) is 9.88. The molecule has 0 atom stereocenters. The van der Waals surface area contributed by atoms with Crippen LogP contribution in [0, 0.1) is 0 Å². The summed E-state index contributed by atoms with van der Waals surface area (Å²) in [6, 6.07) is 6.55. The van der Waals surface area contributed by atoms with Crippen molar-refractivity contribution in [1.82, 2.24) is 4.72 Å². The Balaban J connectivity index is 1.92. The fourth-order valence-electron chi connectivity index (χ4n) is 3.65. The first-order chi connectivity index (χ1) is 13.9. The van der Waals surface area contributed by atoms with Crippen LogP contribution in [0.3, 0.4) is 0 Å². The van der Waals surface area contributed by atoms with Gasteiger partial charge in [0, 0.05) is 18.8 Å². The van der Waals surface area contributed by atoms with E-state index in [2.05, 4.69) is 11.6 Å². The standard InChI is InChI=1S/C23H36N2O3S/c1-3-4-5-6-7-12-15-23(26)25(2)21-16-18-22(19-17-21)29(27,28)24-20-13-10-8-9-11-14-20/h12,15-20,24H,3-11,13-14H2,1-2H3/b15-12+. The van der Waals surface area contributed by atoms with Gasteiger partial charge in [-0.05, 0) is 56.0 Å². The molecule has 1 aromatic rings. The Hall–Kier alpha value is -1.66. The summed E-state index contributed by atoms with van der Waals surface area (Å²) < 4.78 is 28.2. The molecule has 1 aliphatic rings. The van der Waals surface area contributed by atoms with Crippen LogP contribution in [0.15, 0.2) is 41.3 Å². The minimum absolute atomic E-state index is 0.0221. The van der Waals surface area contributed by atoms with E-state index in [9.17, 15) is 13.2 Å². The summed E-state index contributed by atoms with van der Waals surface area (Å²) in [5, 5.41) is 0. The lowest BCUT2D eigenvalue weighted by molar-refractivity contribution is -0.113. The molecule has 0 radical (unpaired) electrons. The molecule has 0 aliphatic heterocycles. The number of benzene rings is 1. The highest BCUT2D eigenvalue weighted by atomic mass is 32.2. The van der Waals surface area contributed by atoms with Crippen molar-refractivity contribution in [3.63, 3.8) is 0 Å². The van der Waals surface area contributed by atoms with E-state index in [1.54, 1.807) is 37.4 Å². The normalized spacial score (nSPS) is 16.1. The van der Waals surface area contributed by atoms with Gasteiger partial charge in [-0.2, -0.15) is 0 Å². The predicted molar refractivity (Wildman–Crippen MR) is 120 cm³/mol. The topological polar surface area (TPSA) is 66.5 Å². The number of allylic oxidation sites excluding steroid dienone is 1. The highest BCUT2D eigenvalue weighted by Crippen LogP contribution is 2.21. The van der Waals surface area contributed by atoms with Crippen LogP contribution in [0.5, 0.6) is 0 Å². The third kappa shape index (κ3) is 7.94. The van der Waals surface area contributed by atoms with Crippen LogP contribution < -0.4 is 9.62 Å². The molecular formula is C23H36N2O3S. The van der Waals surface area contributed by atoms with E-state index < -0.39 is 10.0 Å². The summed E-state index contributed by atoms with van der Waals surface area (Å²) in [5.74, 6) is -0.104. The smallest absolute Gasteiger partial charge is 0.250 e. The van der Waals surface area contributed by atoms with E-state index in [0.29, 0.717) is 5.69 Å². The number of carbonyl (C=O) groups is 1. The largest absolute Gasteiger partial charge is 0.312 e. The molecule has 0 bridgehead atoms. The van der Waals surface area contributed by atoms with Gasteiger partial charge in [-0.3, -0.25) is 4.79 Å². The molecule has 0 aromatic heterocycles. The van der Waals surface area contributed by atoms with Gasteiger partial charge in [-0.1, -0.05) is 57.9 Å². The van der Waals surface area contributed by atoms with Crippen LogP contribution in [0.25, 0.3) is 0 Å². The maximum atomic E-state index is 12.7. The minimum Gasteiger partial charge on any atom is -0.312 e. The van der Waals surface area contributed by atoms with Gasteiger partial charge in [-0.25, -0.2) is 13.1 Å². The molecule has 162 valence electrons. The molecule has 1 aromatic carbocycles. The molecule has 1 aliphatic carbocycles. The second-order valence-electron chi connectivity index (χ2n) is 7.95. The molecule has 5 nitrogen and oxygen atoms in total.